The lowest BCUT2D eigenvalue weighted by Gasteiger charge is -2.16. The third-order valence-electron chi connectivity index (χ3n) is 2.71. The first-order valence-electron chi connectivity index (χ1n) is 4.86. The summed E-state index contributed by atoms with van der Waals surface area (Å²) < 4.78 is 0. The minimum absolute atomic E-state index is 0.272. The number of terminal acetylenes is 1. The Bertz CT molecular complexity index is 227. The molecule has 0 radical (unpaired) electrons. The van der Waals surface area contributed by atoms with Crippen LogP contribution >= 0.6 is 0 Å². The molecule has 0 bridgehead atoms. The highest BCUT2D eigenvalue weighted by molar-refractivity contribution is 5.78. The molecule has 1 heterocycles. The molecule has 0 N–H and O–H groups in total. The van der Waals surface area contributed by atoms with Crippen LogP contribution in [-0.4, -0.2) is 23.9 Å². The molecule has 0 aromatic carbocycles. The average Bonchev–Trinajstić information content (AvgIpc) is 2.44. The van der Waals surface area contributed by atoms with Gasteiger partial charge in [0.2, 0.25) is 5.91 Å². The predicted molar refractivity (Wildman–Crippen MR) is 53.0 cm³/mol. The molecule has 13 heavy (non-hydrogen) atoms. The van der Waals surface area contributed by atoms with Crippen LogP contribution in [0.15, 0.2) is 0 Å². The Kier molecular flexibility index (Phi) is 3.36. The quantitative estimate of drug-likeness (QED) is 0.601. The molecule has 0 saturated carbocycles. The monoisotopic (exact) mass is 179 g/mol. The van der Waals surface area contributed by atoms with Gasteiger partial charge in [0.25, 0.3) is 0 Å². The summed E-state index contributed by atoms with van der Waals surface area (Å²) in [6, 6.07) is 0. The fourth-order valence-electron chi connectivity index (χ4n) is 1.66. The second-order valence-electron chi connectivity index (χ2n) is 4.00. The molecule has 0 spiro atoms. The molecule has 1 aliphatic rings. The van der Waals surface area contributed by atoms with Gasteiger partial charge in [0.1, 0.15) is 0 Å². The van der Waals surface area contributed by atoms with Crippen molar-refractivity contribution in [1.29, 1.82) is 0 Å². The number of hydrogen-bond donors (Lipinski definition) is 0. The van der Waals surface area contributed by atoms with E-state index in [-0.39, 0.29) is 5.91 Å². The van der Waals surface area contributed by atoms with Gasteiger partial charge in [0.15, 0.2) is 0 Å². The molecule has 1 fully saturated rings. The highest BCUT2D eigenvalue weighted by Crippen LogP contribution is 2.24. The molecule has 0 aliphatic carbocycles. The highest BCUT2D eigenvalue weighted by atomic mass is 16.2. The zero-order valence-corrected chi connectivity index (χ0v) is 8.42. The van der Waals surface area contributed by atoms with Gasteiger partial charge in [-0.3, -0.25) is 4.79 Å². The van der Waals surface area contributed by atoms with E-state index in [0.29, 0.717) is 24.7 Å². The van der Waals surface area contributed by atoms with Crippen molar-refractivity contribution in [2.45, 2.75) is 26.7 Å². The lowest BCUT2D eigenvalue weighted by atomic mass is 9.95. The van der Waals surface area contributed by atoms with E-state index in [1.165, 1.54) is 0 Å². The first-order valence-corrected chi connectivity index (χ1v) is 4.86. The van der Waals surface area contributed by atoms with E-state index in [4.69, 9.17) is 6.42 Å². The van der Waals surface area contributed by atoms with E-state index < -0.39 is 0 Å². The third-order valence-corrected chi connectivity index (χ3v) is 2.71. The Balaban J connectivity index is 2.43. The van der Waals surface area contributed by atoms with Crippen LogP contribution < -0.4 is 0 Å². The normalized spacial score (nSPS) is 22.5. The minimum atomic E-state index is 0.272. The molecule has 1 atom stereocenters. The lowest BCUT2D eigenvalue weighted by Crippen LogP contribution is -2.26. The van der Waals surface area contributed by atoms with Gasteiger partial charge < -0.3 is 4.90 Å². The van der Waals surface area contributed by atoms with Crippen LogP contribution in [0, 0.1) is 24.2 Å². The van der Waals surface area contributed by atoms with Crippen LogP contribution in [0.25, 0.3) is 0 Å². The maximum absolute atomic E-state index is 11.5. The van der Waals surface area contributed by atoms with Crippen molar-refractivity contribution in [2.75, 3.05) is 13.1 Å². The van der Waals surface area contributed by atoms with Gasteiger partial charge in [-0.25, -0.2) is 0 Å². The zero-order valence-electron chi connectivity index (χ0n) is 8.42. The number of nitrogens with zero attached hydrogens (tertiary/aromatic N) is 1. The van der Waals surface area contributed by atoms with Crippen molar-refractivity contribution < 1.29 is 4.79 Å². The minimum Gasteiger partial charge on any atom is -0.341 e. The van der Waals surface area contributed by atoms with E-state index in [2.05, 4.69) is 19.8 Å². The van der Waals surface area contributed by atoms with Gasteiger partial charge in [-0.1, -0.05) is 13.8 Å². The van der Waals surface area contributed by atoms with E-state index in [1.807, 2.05) is 4.90 Å². The number of carbonyl (C=O) groups excluding carboxylic acids is 1. The molecule has 1 aliphatic heterocycles. The summed E-state index contributed by atoms with van der Waals surface area (Å²) in [5.74, 6) is 3.97. The second kappa shape index (κ2) is 4.32. The van der Waals surface area contributed by atoms with Crippen molar-refractivity contribution in [3.05, 3.63) is 0 Å². The van der Waals surface area contributed by atoms with Gasteiger partial charge >= 0.3 is 0 Å². The standard InChI is InChI=1S/C11H17NO/c1-4-5-6-12-8-10(9(2)3)7-11(12)13/h1,9-10H,5-8H2,2-3H3. The van der Waals surface area contributed by atoms with E-state index in [9.17, 15) is 4.79 Å². The van der Waals surface area contributed by atoms with Crippen LogP contribution in [0.1, 0.15) is 26.7 Å². The summed E-state index contributed by atoms with van der Waals surface area (Å²) in [7, 11) is 0. The van der Waals surface area contributed by atoms with E-state index >= 15 is 0 Å². The maximum Gasteiger partial charge on any atom is 0.222 e. The number of likely N-dealkylation sites (tertiary alicyclic amines) is 1. The highest BCUT2D eigenvalue weighted by Gasteiger charge is 2.30. The Labute approximate surface area is 80.3 Å². The van der Waals surface area contributed by atoms with Crippen molar-refractivity contribution in [2.24, 2.45) is 11.8 Å². The number of rotatable bonds is 3. The van der Waals surface area contributed by atoms with E-state index in [0.717, 1.165) is 13.1 Å². The molecule has 2 heteroatoms. The van der Waals surface area contributed by atoms with E-state index in [1.54, 1.807) is 0 Å². The molecule has 2 nitrogen and oxygen atoms in total. The van der Waals surface area contributed by atoms with Crippen LogP contribution in [0.5, 0.6) is 0 Å². The van der Waals surface area contributed by atoms with Crippen molar-refractivity contribution >= 4 is 5.91 Å². The fourth-order valence-corrected chi connectivity index (χ4v) is 1.66. The molecule has 0 aromatic rings. The predicted octanol–water partition coefficient (Wildman–Crippen LogP) is 1.51. The molecule has 1 saturated heterocycles. The molecular weight excluding hydrogens is 162 g/mol. The number of hydrogen-bond acceptors (Lipinski definition) is 1. The van der Waals surface area contributed by atoms with Gasteiger partial charge in [-0.15, -0.1) is 12.3 Å². The van der Waals surface area contributed by atoms with Gasteiger partial charge in [0, 0.05) is 25.9 Å². The summed E-state index contributed by atoms with van der Waals surface area (Å²) in [5, 5.41) is 0. The first-order chi connectivity index (χ1) is 6.15. The Morgan fingerprint density at radius 3 is 2.85 bits per heavy atom. The third kappa shape index (κ3) is 2.48. The summed E-state index contributed by atoms with van der Waals surface area (Å²) in [6.07, 6.45) is 6.55. The zero-order chi connectivity index (χ0) is 9.84. The summed E-state index contributed by atoms with van der Waals surface area (Å²) >= 11 is 0. The molecule has 0 aromatic heterocycles. The smallest absolute Gasteiger partial charge is 0.222 e. The molecule has 72 valence electrons. The Morgan fingerprint density at radius 1 is 1.69 bits per heavy atom. The molecular formula is C11H17NO. The number of carbonyl (C=O) groups is 1. The first kappa shape index (κ1) is 10.1. The molecule has 1 unspecified atom stereocenters. The van der Waals surface area contributed by atoms with Crippen molar-refractivity contribution in [3.63, 3.8) is 0 Å². The van der Waals surface area contributed by atoms with Crippen LogP contribution in [0.2, 0.25) is 0 Å². The topological polar surface area (TPSA) is 20.3 Å². The van der Waals surface area contributed by atoms with Gasteiger partial charge in [0.05, 0.1) is 0 Å². The second-order valence-corrected chi connectivity index (χ2v) is 4.00. The van der Waals surface area contributed by atoms with Crippen LogP contribution in [0.3, 0.4) is 0 Å². The largest absolute Gasteiger partial charge is 0.341 e. The van der Waals surface area contributed by atoms with Crippen LogP contribution in [-0.2, 0) is 4.79 Å². The number of amides is 1. The SMILES string of the molecule is C#CCCN1CC(C(C)C)CC1=O. The summed E-state index contributed by atoms with van der Waals surface area (Å²) in [6.45, 7) is 5.97. The summed E-state index contributed by atoms with van der Waals surface area (Å²) in [4.78, 5) is 13.3. The fraction of sp³-hybridized carbons (Fsp3) is 0.727. The van der Waals surface area contributed by atoms with Gasteiger partial charge in [-0.05, 0) is 11.8 Å². The lowest BCUT2D eigenvalue weighted by molar-refractivity contribution is -0.127. The maximum atomic E-state index is 11.5. The summed E-state index contributed by atoms with van der Waals surface area (Å²) in [5.41, 5.74) is 0. The van der Waals surface area contributed by atoms with Crippen molar-refractivity contribution in [3.8, 4) is 12.3 Å². The average molecular weight is 179 g/mol. The Hall–Kier alpha value is -0.970. The molecule has 1 rings (SSSR count). The molecule has 1 amide bonds. The Morgan fingerprint density at radius 2 is 2.38 bits per heavy atom. The van der Waals surface area contributed by atoms with Gasteiger partial charge in [-0.2, -0.15) is 0 Å². The van der Waals surface area contributed by atoms with Crippen molar-refractivity contribution in [1.82, 2.24) is 4.90 Å². The van der Waals surface area contributed by atoms with Crippen LogP contribution in [0.4, 0.5) is 0 Å².